The predicted molar refractivity (Wildman–Crippen MR) is 49.3 cm³/mol. The lowest BCUT2D eigenvalue weighted by Gasteiger charge is -2.06. The quantitative estimate of drug-likeness (QED) is 0.669. The molecule has 1 rings (SSSR count). The molecule has 0 bridgehead atoms. The van der Waals surface area contributed by atoms with E-state index < -0.39 is 0 Å². The first-order chi connectivity index (χ1) is 5.88. The molecule has 0 saturated heterocycles. The van der Waals surface area contributed by atoms with Gasteiger partial charge in [-0.3, -0.25) is 5.73 Å². The van der Waals surface area contributed by atoms with Crippen LogP contribution in [0.5, 0.6) is 5.75 Å². The van der Waals surface area contributed by atoms with Gasteiger partial charge in [0.2, 0.25) is 0 Å². The summed E-state index contributed by atoms with van der Waals surface area (Å²) >= 11 is 0. The van der Waals surface area contributed by atoms with Gasteiger partial charge in [-0.1, -0.05) is 18.2 Å². The molecule has 0 aromatic heterocycles. The van der Waals surface area contributed by atoms with Gasteiger partial charge in [-0.05, 0) is 24.5 Å². The van der Waals surface area contributed by atoms with Gasteiger partial charge in [0.15, 0.2) is 0 Å². The predicted octanol–water partition coefficient (Wildman–Crippen LogP) is 1.91. The third kappa shape index (κ3) is 2.24. The molecule has 0 amide bonds. The minimum absolute atomic E-state index is 0.484. The van der Waals surface area contributed by atoms with Gasteiger partial charge >= 0.3 is 0 Å². The minimum atomic E-state index is 0.484. The molecule has 65 valence electrons. The molecule has 12 heavy (non-hydrogen) atoms. The highest BCUT2D eigenvalue weighted by Gasteiger charge is 1.99. The van der Waals surface area contributed by atoms with Crippen LogP contribution in [0.25, 0.3) is 0 Å². The zero-order chi connectivity index (χ0) is 8.81. The molecular formula is C10H14NO. The summed E-state index contributed by atoms with van der Waals surface area (Å²) in [5, 5.41) is 0. The summed E-state index contributed by atoms with van der Waals surface area (Å²) in [5.41, 5.74) is 8.24. The minimum Gasteiger partial charge on any atom is -0.496 e. The van der Waals surface area contributed by atoms with E-state index in [9.17, 15) is 0 Å². The monoisotopic (exact) mass is 164 g/mol. The molecule has 1 N–H and O–H groups in total. The second kappa shape index (κ2) is 4.78. The first kappa shape index (κ1) is 9.07. The van der Waals surface area contributed by atoms with Crippen molar-refractivity contribution in [2.45, 2.75) is 12.8 Å². The van der Waals surface area contributed by atoms with E-state index in [1.165, 1.54) is 5.56 Å². The Bertz CT molecular complexity index is 235. The van der Waals surface area contributed by atoms with Crippen molar-refractivity contribution in [2.24, 2.45) is 0 Å². The largest absolute Gasteiger partial charge is 0.496 e. The van der Waals surface area contributed by atoms with Gasteiger partial charge in [0.1, 0.15) is 5.75 Å². The summed E-state index contributed by atoms with van der Waals surface area (Å²) in [6.07, 6.45) is 1.84. The van der Waals surface area contributed by atoms with E-state index in [1.807, 2.05) is 18.2 Å². The number of hydrogen-bond acceptors (Lipinski definition) is 1. The normalized spacial score (nSPS) is 9.83. The number of aryl methyl sites for hydroxylation is 1. The molecule has 1 radical (unpaired) electrons. The lowest BCUT2D eigenvalue weighted by atomic mass is 10.1. The molecule has 0 fully saturated rings. The molecule has 2 nitrogen and oxygen atoms in total. The van der Waals surface area contributed by atoms with Crippen LogP contribution in [0.15, 0.2) is 24.3 Å². The van der Waals surface area contributed by atoms with Crippen LogP contribution >= 0.6 is 0 Å². The van der Waals surface area contributed by atoms with Gasteiger partial charge in [0.25, 0.3) is 0 Å². The summed E-state index contributed by atoms with van der Waals surface area (Å²) in [4.78, 5) is 0. The van der Waals surface area contributed by atoms with Crippen molar-refractivity contribution in [3.8, 4) is 5.75 Å². The first-order valence-electron chi connectivity index (χ1n) is 4.15. The maximum absolute atomic E-state index is 7.04. The smallest absolute Gasteiger partial charge is 0.122 e. The Hall–Kier alpha value is -1.02. The Balaban J connectivity index is 2.68. The van der Waals surface area contributed by atoms with E-state index in [0.29, 0.717) is 6.54 Å². The summed E-state index contributed by atoms with van der Waals surface area (Å²) < 4.78 is 5.18. The molecule has 1 aromatic carbocycles. The zero-order valence-corrected chi connectivity index (χ0v) is 7.34. The van der Waals surface area contributed by atoms with Crippen LogP contribution in [0.2, 0.25) is 0 Å². The molecule has 0 saturated carbocycles. The molecule has 0 aliphatic heterocycles. The van der Waals surface area contributed by atoms with E-state index in [-0.39, 0.29) is 0 Å². The van der Waals surface area contributed by atoms with Crippen molar-refractivity contribution in [2.75, 3.05) is 13.7 Å². The summed E-state index contributed by atoms with van der Waals surface area (Å²) in [5.74, 6) is 0.936. The lowest BCUT2D eigenvalue weighted by molar-refractivity contribution is 0.409. The molecular weight excluding hydrogens is 150 g/mol. The highest BCUT2D eigenvalue weighted by Crippen LogP contribution is 2.18. The Morgan fingerprint density at radius 1 is 1.33 bits per heavy atom. The van der Waals surface area contributed by atoms with Gasteiger partial charge in [-0.2, -0.15) is 0 Å². The summed E-state index contributed by atoms with van der Waals surface area (Å²) in [6, 6.07) is 7.97. The molecule has 0 unspecified atom stereocenters. The SMILES string of the molecule is COc1ccccc1CCC[NH]. The van der Waals surface area contributed by atoms with Gasteiger partial charge < -0.3 is 4.74 Å². The van der Waals surface area contributed by atoms with Crippen LogP contribution in [-0.4, -0.2) is 13.7 Å². The molecule has 0 aliphatic carbocycles. The third-order valence-electron chi connectivity index (χ3n) is 1.82. The van der Waals surface area contributed by atoms with Crippen LogP contribution in [0.1, 0.15) is 12.0 Å². The van der Waals surface area contributed by atoms with E-state index in [1.54, 1.807) is 7.11 Å². The number of methoxy groups -OCH3 is 1. The third-order valence-corrected chi connectivity index (χ3v) is 1.82. The molecule has 0 spiro atoms. The number of ether oxygens (including phenoxy) is 1. The van der Waals surface area contributed by atoms with Crippen LogP contribution in [-0.2, 0) is 6.42 Å². The Kier molecular flexibility index (Phi) is 3.61. The van der Waals surface area contributed by atoms with Gasteiger partial charge in [0, 0.05) is 6.54 Å². The molecule has 0 aliphatic rings. The second-order valence-electron chi connectivity index (χ2n) is 2.67. The van der Waals surface area contributed by atoms with Crippen LogP contribution in [0, 0.1) is 0 Å². The number of hydrogen-bond donors (Lipinski definition) is 0. The zero-order valence-electron chi connectivity index (χ0n) is 7.34. The lowest BCUT2D eigenvalue weighted by Crippen LogP contribution is -1.94. The van der Waals surface area contributed by atoms with E-state index in [0.717, 1.165) is 18.6 Å². The number of para-hydroxylation sites is 1. The fourth-order valence-corrected chi connectivity index (χ4v) is 1.19. The van der Waals surface area contributed by atoms with Crippen molar-refractivity contribution in [1.29, 1.82) is 0 Å². The van der Waals surface area contributed by atoms with Gasteiger partial charge in [-0.25, -0.2) is 0 Å². The molecule has 0 atom stereocenters. The fourth-order valence-electron chi connectivity index (χ4n) is 1.19. The number of rotatable bonds is 4. The summed E-state index contributed by atoms with van der Waals surface area (Å²) in [7, 11) is 1.68. The molecule has 0 heterocycles. The topological polar surface area (TPSA) is 33.0 Å². The van der Waals surface area contributed by atoms with Crippen molar-refractivity contribution in [1.82, 2.24) is 5.73 Å². The Labute approximate surface area is 73.3 Å². The second-order valence-corrected chi connectivity index (χ2v) is 2.67. The van der Waals surface area contributed by atoms with Gasteiger partial charge in [0.05, 0.1) is 7.11 Å². The molecule has 2 heteroatoms. The van der Waals surface area contributed by atoms with Crippen LogP contribution < -0.4 is 10.5 Å². The average molecular weight is 164 g/mol. The standard InChI is InChI=1S/C10H14NO/c1-12-10-7-3-2-5-9(10)6-4-8-11/h2-3,5,7,11H,4,6,8H2,1H3. The number of nitrogens with one attached hydrogen (secondary N) is 1. The Morgan fingerprint density at radius 2 is 2.08 bits per heavy atom. The van der Waals surface area contributed by atoms with Crippen molar-refractivity contribution >= 4 is 0 Å². The first-order valence-corrected chi connectivity index (χ1v) is 4.15. The number of benzene rings is 1. The molecule has 1 aromatic rings. The fraction of sp³-hybridized carbons (Fsp3) is 0.400. The maximum atomic E-state index is 7.04. The average Bonchev–Trinajstić information content (AvgIpc) is 2.15. The van der Waals surface area contributed by atoms with Crippen molar-refractivity contribution < 1.29 is 4.74 Å². The van der Waals surface area contributed by atoms with Crippen LogP contribution in [0.4, 0.5) is 0 Å². The Morgan fingerprint density at radius 3 is 2.75 bits per heavy atom. The van der Waals surface area contributed by atoms with Gasteiger partial charge in [-0.15, -0.1) is 0 Å². The van der Waals surface area contributed by atoms with E-state index in [2.05, 4.69) is 6.07 Å². The van der Waals surface area contributed by atoms with Crippen LogP contribution in [0.3, 0.4) is 0 Å². The van der Waals surface area contributed by atoms with Crippen molar-refractivity contribution in [3.05, 3.63) is 29.8 Å². The van der Waals surface area contributed by atoms with E-state index >= 15 is 0 Å². The highest BCUT2D eigenvalue weighted by atomic mass is 16.5. The highest BCUT2D eigenvalue weighted by molar-refractivity contribution is 5.33. The van der Waals surface area contributed by atoms with E-state index in [4.69, 9.17) is 10.5 Å². The van der Waals surface area contributed by atoms with Crippen molar-refractivity contribution in [3.63, 3.8) is 0 Å². The summed E-state index contributed by atoms with van der Waals surface area (Å²) in [6.45, 7) is 0.484. The maximum Gasteiger partial charge on any atom is 0.122 e.